The summed E-state index contributed by atoms with van der Waals surface area (Å²) in [6.07, 6.45) is 3.52. The van der Waals surface area contributed by atoms with Crippen LogP contribution in [0.3, 0.4) is 0 Å². The van der Waals surface area contributed by atoms with E-state index < -0.39 is 5.82 Å². The van der Waals surface area contributed by atoms with Crippen LogP contribution in [0, 0.1) is 23.1 Å². The number of rotatable bonds is 3. The highest BCUT2D eigenvalue weighted by molar-refractivity contribution is 6.30. The van der Waals surface area contributed by atoms with E-state index in [0.29, 0.717) is 18.1 Å². The summed E-state index contributed by atoms with van der Waals surface area (Å²) < 4.78 is 13.2. The first-order valence-corrected chi connectivity index (χ1v) is 7.64. The molecule has 2 unspecified atom stereocenters. The van der Waals surface area contributed by atoms with Crippen molar-refractivity contribution in [1.82, 2.24) is 0 Å². The van der Waals surface area contributed by atoms with Gasteiger partial charge < -0.3 is 0 Å². The Bertz CT molecular complexity index is 510. The molecule has 0 spiro atoms. The minimum Gasteiger partial charge on any atom is -0.299 e. The number of ketones is 1. The van der Waals surface area contributed by atoms with Gasteiger partial charge in [-0.2, -0.15) is 0 Å². The minimum atomic E-state index is -0.393. The van der Waals surface area contributed by atoms with Crippen molar-refractivity contribution < 1.29 is 9.18 Å². The molecule has 110 valence electrons. The van der Waals surface area contributed by atoms with Crippen LogP contribution < -0.4 is 0 Å². The fraction of sp³-hybridized carbons (Fsp3) is 0.588. The summed E-state index contributed by atoms with van der Waals surface area (Å²) >= 11 is 5.83. The Morgan fingerprint density at radius 2 is 2.05 bits per heavy atom. The predicted molar refractivity (Wildman–Crippen MR) is 80.4 cm³/mol. The molecule has 0 saturated heterocycles. The normalized spacial score (nSPS) is 23.9. The number of carbonyl (C=O) groups excluding carboxylic acids is 1. The van der Waals surface area contributed by atoms with Crippen molar-refractivity contribution in [3.8, 4) is 0 Å². The van der Waals surface area contributed by atoms with Crippen LogP contribution in [-0.2, 0) is 11.2 Å². The maximum absolute atomic E-state index is 13.2. The van der Waals surface area contributed by atoms with Crippen LogP contribution in [0.2, 0.25) is 5.02 Å². The van der Waals surface area contributed by atoms with Crippen LogP contribution in [0.1, 0.15) is 45.6 Å². The van der Waals surface area contributed by atoms with Crippen LogP contribution in [0.4, 0.5) is 4.39 Å². The van der Waals surface area contributed by atoms with Gasteiger partial charge in [-0.25, -0.2) is 4.39 Å². The van der Waals surface area contributed by atoms with Gasteiger partial charge in [-0.15, -0.1) is 0 Å². The lowest BCUT2D eigenvalue weighted by molar-refractivity contribution is -0.129. The van der Waals surface area contributed by atoms with Gasteiger partial charge in [-0.3, -0.25) is 4.79 Å². The molecule has 1 fully saturated rings. The molecule has 2 rings (SSSR count). The van der Waals surface area contributed by atoms with Crippen LogP contribution in [-0.4, -0.2) is 5.78 Å². The summed E-state index contributed by atoms with van der Waals surface area (Å²) in [5, 5.41) is 0.155. The number of benzene rings is 1. The lowest BCUT2D eigenvalue weighted by Gasteiger charge is -2.37. The zero-order valence-electron chi connectivity index (χ0n) is 12.4. The molecule has 0 aromatic heterocycles. The lowest BCUT2D eigenvalue weighted by atomic mass is 9.66. The molecule has 1 aliphatic carbocycles. The molecule has 0 N–H and O–H groups in total. The number of hydrogen-bond donors (Lipinski definition) is 0. The molecule has 0 amide bonds. The third-order valence-electron chi connectivity index (χ3n) is 4.47. The highest BCUT2D eigenvalue weighted by Gasteiger charge is 2.37. The van der Waals surface area contributed by atoms with Crippen LogP contribution >= 0.6 is 11.6 Å². The molecule has 0 heterocycles. The third-order valence-corrected chi connectivity index (χ3v) is 4.76. The van der Waals surface area contributed by atoms with Crippen molar-refractivity contribution >= 4 is 17.4 Å². The second-order valence-corrected chi connectivity index (χ2v) is 7.23. The van der Waals surface area contributed by atoms with Gasteiger partial charge in [0.05, 0.1) is 5.02 Å². The molecule has 1 saturated carbocycles. The number of Topliss-reactive ketones (excluding diaryl/α,β-unsaturated/α-hetero) is 1. The van der Waals surface area contributed by atoms with E-state index in [2.05, 4.69) is 20.8 Å². The quantitative estimate of drug-likeness (QED) is 0.762. The van der Waals surface area contributed by atoms with Gasteiger partial charge in [0, 0.05) is 12.3 Å². The number of hydrogen-bond acceptors (Lipinski definition) is 1. The summed E-state index contributed by atoms with van der Waals surface area (Å²) in [6.45, 7) is 6.40. The van der Waals surface area contributed by atoms with Gasteiger partial charge in [0.1, 0.15) is 11.6 Å². The molecule has 1 aromatic carbocycles. The molecule has 0 aliphatic heterocycles. The smallest absolute Gasteiger partial charge is 0.141 e. The summed E-state index contributed by atoms with van der Waals surface area (Å²) in [5.74, 6) is 0.593. The van der Waals surface area contributed by atoms with E-state index in [1.54, 1.807) is 12.1 Å². The van der Waals surface area contributed by atoms with Gasteiger partial charge in [0.15, 0.2) is 0 Å². The van der Waals surface area contributed by atoms with E-state index >= 15 is 0 Å². The standard InChI is InChI=1S/C17H22ClFO/c1-11-4-6-13(16(20)8-11)17(2,3)10-12-5-7-15(19)14(18)9-12/h5,7,9,11,13H,4,6,8,10H2,1-3H3. The average molecular weight is 297 g/mol. The highest BCUT2D eigenvalue weighted by Crippen LogP contribution is 2.40. The van der Waals surface area contributed by atoms with Crippen molar-refractivity contribution in [1.29, 1.82) is 0 Å². The van der Waals surface area contributed by atoms with Crippen molar-refractivity contribution in [3.05, 3.63) is 34.6 Å². The highest BCUT2D eigenvalue weighted by atomic mass is 35.5. The first kappa shape index (κ1) is 15.5. The third kappa shape index (κ3) is 3.41. The number of halogens is 2. The predicted octanol–water partition coefficient (Wildman–Crippen LogP) is 5.05. The summed E-state index contributed by atoms with van der Waals surface area (Å²) in [5.41, 5.74) is 0.881. The van der Waals surface area contributed by atoms with Crippen molar-refractivity contribution in [2.45, 2.75) is 46.5 Å². The van der Waals surface area contributed by atoms with Gasteiger partial charge in [-0.1, -0.05) is 38.4 Å². The molecule has 3 heteroatoms. The van der Waals surface area contributed by atoms with Crippen molar-refractivity contribution in [3.63, 3.8) is 0 Å². The maximum atomic E-state index is 13.2. The van der Waals surface area contributed by atoms with E-state index in [9.17, 15) is 9.18 Å². The zero-order valence-corrected chi connectivity index (χ0v) is 13.1. The molecule has 0 bridgehead atoms. The first-order valence-electron chi connectivity index (χ1n) is 7.26. The summed E-state index contributed by atoms with van der Waals surface area (Å²) in [7, 11) is 0. The molecule has 20 heavy (non-hydrogen) atoms. The minimum absolute atomic E-state index is 0.0996. The van der Waals surface area contributed by atoms with Gasteiger partial charge in [0.2, 0.25) is 0 Å². The van der Waals surface area contributed by atoms with E-state index in [1.165, 1.54) is 6.07 Å². The Morgan fingerprint density at radius 1 is 1.35 bits per heavy atom. The van der Waals surface area contributed by atoms with Gasteiger partial charge in [0.25, 0.3) is 0 Å². The van der Waals surface area contributed by atoms with E-state index in [-0.39, 0.29) is 16.4 Å². The monoisotopic (exact) mass is 296 g/mol. The molecule has 0 radical (unpaired) electrons. The SMILES string of the molecule is CC1CCC(C(C)(C)Cc2ccc(F)c(Cl)c2)C(=O)C1. The average Bonchev–Trinajstić information content (AvgIpc) is 2.33. The Morgan fingerprint density at radius 3 is 2.65 bits per heavy atom. The Kier molecular flexibility index (Phi) is 4.53. The van der Waals surface area contributed by atoms with Gasteiger partial charge >= 0.3 is 0 Å². The topological polar surface area (TPSA) is 17.1 Å². The molecule has 2 atom stereocenters. The van der Waals surface area contributed by atoms with Crippen LogP contribution in [0.25, 0.3) is 0 Å². The summed E-state index contributed by atoms with van der Waals surface area (Å²) in [4.78, 5) is 12.3. The van der Waals surface area contributed by atoms with Gasteiger partial charge in [-0.05, 0) is 48.3 Å². The first-order chi connectivity index (χ1) is 9.29. The maximum Gasteiger partial charge on any atom is 0.141 e. The molecular weight excluding hydrogens is 275 g/mol. The van der Waals surface area contributed by atoms with E-state index in [4.69, 9.17) is 11.6 Å². The van der Waals surface area contributed by atoms with Crippen molar-refractivity contribution in [2.75, 3.05) is 0 Å². The van der Waals surface area contributed by atoms with Crippen molar-refractivity contribution in [2.24, 2.45) is 17.3 Å². The molecular formula is C17H22ClFO. The van der Waals surface area contributed by atoms with Crippen LogP contribution in [0.5, 0.6) is 0 Å². The fourth-order valence-electron chi connectivity index (χ4n) is 3.33. The second-order valence-electron chi connectivity index (χ2n) is 6.82. The largest absolute Gasteiger partial charge is 0.299 e. The Balaban J connectivity index is 2.13. The molecule has 1 aromatic rings. The van der Waals surface area contributed by atoms with Crippen LogP contribution in [0.15, 0.2) is 18.2 Å². The molecule has 1 nitrogen and oxygen atoms in total. The fourth-order valence-corrected chi connectivity index (χ4v) is 3.53. The number of carbonyl (C=O) groups is 1. The Labute approximate surface area is 125 Å². The lowest BCUT2D eigenvalue weighted by Crippen LogP contribution is -2.36. The Hall–Kier alpha value is -0.890. The summed E-state index contributed by atoms with van der Waals surface area (Å²) in [6, 6.07) is 4.84. The zero-order chi connectivity index (χ0) is 14.9. The second kappa shape index (κ2) is 5.85. The molecule has 1 aliphatic rings. The van der Waals surface area contributed by atoms with E-state index in [1.807, 2.05) is 0 Å². The van der Waals surface area contributed by atoms with E-state index in [0.717, 1.165) is 24.8 Å².